The minimum Gasteiger partial charge on any atom is -0.494 e. The lowest BCUT2D eigenvalue weighted by atomic mass is 10.1. The van der Waals surface area contributed by atoms with Crippen LogP contribution in [0.4, 0.5) is 5.82 Å². The number of unbranched alkanes of at least 4 members (excludes halogenated alkanes) is 1. The molecule has 2 aromatic rings. The SMILES string of the molecule is CCCCOc1ccc2ccnc(NC)c2c1. The number of aromatic nitrogens is 1. The summed E-state index contributed by atoms with van der Waals surface area (Å²) in [6.07, 6.45) is 4.05. The third-order valence-corrected chi connectivity index (χ3v) is 2.74. The summed E-state index contributed by atoms with van der Waals surface area (Å²) in [6, 6.07) is 8.13. The summed E-state index contributed by atoms with van der Waals surface area (Å²) >= 11 is 0. The Kier molecular flexibility index (Phi) is 3.81. The standard InChI is InChI=1S/C14H18N2O/c1-3-4-9-17-12-6-5-11-7-8-16-14(15-2)13(11)10-12/h5-8,10H,3-4,9H2,1-2H3,(H,15,16). The van der Waals surface area contributed by atoms with Crippen molar-refractivity contribution in [1.29, 1.82) is 0 Å². The van der Waals surface area contributed by atoms with Crippen molar-refractivity contribution in [2.45, 2.75) is 19.8 Å². The van der Waals surface area contributed by atoms with E-state index in [1.165, 1.54) is 5.39 Å². The van der Waals surface area contributed by atoms with Crippen LogP contribution in [0.5, 0.6) is 5.75 Å². The zero-order valence-electron chi connectivity index (χ0n) is 10.4. The third kappa shape index (κ3) is 2.67. The van der Waals surface area contributed by atoms with Crippen LogP contribution in [0.2, 0.25) is 0 Å². The first-order chi connectivity index (χ1) is 8.35. The molecule has 17 heavy (non-hydrogen) atoms. The summed E-state index contributed by atoms with van der Waals surface area (Å²) in [5.74, 6) is 1.80. The summed E-state index contributed by atoms with van der Waals surface area (Å²) in [6.45, 7) is 2.93. The summed E-state index contributed by atoms with van der Waals surface area (Å²) in [7, 11) is 1.88. The Bertz CT molecular complexity index is 497. The molecule has 0 unspecified atom stereocenters. The summed E-state index contributed by atoms with van der Waals surface area (Å²) in [5, 5.41) is 5.37. The van der Waals surface area contributed by atoms with Crippen LogP contribution >= 0.6 is 0 Å². The Morgan fingerprint density at radius 3 is 2.94 bits per heavy atom. The molecule has 0 spiro atoms. The average molecular weight is 230 g/mol. The molecule has 0 saturated carbocycles. The molecule has 0 aliphatic rings. The number of nitrogens with zero attached hydrogens (tertiary/aromatic N) is 1. The normalized spacial score (nSPS) is 10.5. The number of nitrogens with one attached hydrogen (secondary N) is 1. The van der Waals surface area contributed by atoms with Crippen LogP contribution < -0.4 is 10.1 Å². The lowest BCUT2D eigenvalue weighted by Gasteiger charge is -2.08. The molecule has 0 fully saturated rings. The van der Waals surface area contributed by atoms with Crippen LogP contribution in [0.1, 0.15) is 19.8 Å². The first-order valence-electron chi connectivity index (χ1n) is 6.04. The highest BCUT2D eigenvalue weighted by atomic mass is 16.5. The van der Waals surface area contributed by atoms with Gasteiger partial charge in [0.15, 0.2) is 0 Å². The smallest absolute Gasteiger partial charge is 0.133 e. The van der Waals surface area contributed by atoms with Gasteiger partial charge in [0.1, 0.15) is 11.6 Å². The van der Waals surface area contributed by atoms with Crippen LogP contribution in [-0.4, -0.2) is 18.6 Å². The lowest BCUT2D eigenvalue weighted by Crippen LogP contribution is -1.97. The topological polar surface area (TPSA) is 34.1 Å². The fraction of sp³-hybridized carbons (Fsp3) is 0.357. The van der Waals surface area contributed by atoms with Crippen molar-refractivity contribution in [2.75, 3.05) is 19.0 Å². The van der Waals surface area contributed by atoms with Gasteiger partial charge in [0.2, 0.25) is 0 Å². The molecule has 0 radical (unpaired) electrons. The van der Waals surface area contributed by atoms with Gasteiger partial charge >= 0.3 is 0 Å². The Hall–Kier alpha value is -1.77. The number of fused-ring (bicyclic) bond motifs is 1. The van der Waals surface area contributed by atoms with Gasteiger partial charge in [-0.1, -0.05) is 19.4 Å². The third-order valence-electron chi connectivity index (χ3n) is 2.74. The Labute approximate surface area is 102 Å². The molecule has 1 aromatic heterocycles. The van der Waals surface area contributed by atoms with Gasteiger partial charge in [-0.25, -0.2) is 4.98 Å². The fourth-order valence-corrected chi connectivity index (χ4v) is 1.77. The number of hydrogen-bond donors (Lipinski definition) is 1. The lowest BCUT2D eigenvalue weighted by molar-refractivity contribution is 0.310. The molecule has 1 N–H and O–H groups in total. The van der Waals surface area contributed by atoms with Gasteiger partial charge in [-0.05, 0) is 30.0 Å². The average Bonchev–Trinajstić information content (AvgIpc) is 2.38. The monoisotopic (exact) mass is 230 g/mol. The maximum atomic E-state index is 5.70. The van der Waals surface area contributed by atoms with Crippen molar-refractivity contribution in [3.8, 4) is 5.75 Å². The molecule has 3 nitrogen and oxygen atoms in total. The van der Waals surface area contributed by atoms with E-state index in [1.54, 1.807) is 0 Å². The zero-order chi connectivity index (χ0) is 12.1. The van der Waals surface area contributed by atoms with Gasteiger partial charge in [0.05, 0.1) is 6.61 Å². The number of hydrogen-bond acceptors (Lipinski definition) is 3. The molecule has 0 aliphatic heterocycles. The molecular weight excluding hydrogens is 212 g/mol. The number of anilines is 1. The molecule has 3 heteroatoms. The Morgan fingerprint density at radius 1 is 1.29 bits per heavy atom. The number of ether oxygens (including phenoxy) is 1. The molecule has 1 heterocycles. The predicted octanol–water partition coefficient (Wildman–Crippen LogP) is 3.46. The Morgan fingerprint density at radius 2 is 2.18 bits per heavy atom. The molecule has 0 amide bonds. The van der Waals surface area contributed by atoms with Gasteiger partial charge in [-0.2, -0.15) is 0 Å². The largest absolute Gasteiger partial charge is 0.494 e. The van der Waals surface area contributed by atoms with Crippen LogP contribution in [-0.2, 0) is 0 Å². The van der Waals surface area contributed by atoms with E-state index in [-0.39, 0.29) is 0 Å². The van der Waals surface area contributed by atoms with E-state index in [2.05, 4.69) is 23.3 Å². The molecule has 0 aliphatic carbocycles. The van der Waals surface area contributed by atoms with Gasteiger partial charge in [0.25, 0.3) is 0 Å². The maximum Gasteiger partial charge on any atom is 0.133 e. The van der Waals surface area contributed by atoms with E-state index >= 15 is 0 Å². The second-order valence-corrected chi connectivity index (χ2v) is 3.99. The minimum atomic E-state index is 0.775. The zero-order valence-corrected chi connectivity index (χ0v) is 10.4. The van der Waals surface area contributed by atoms with E-state index in [1.807, 2.05) is 31.4 Å². The summed E-state index contributed by atoms with van der Waals surface area (Å²) in [4.78, 5) is 4.30. The van der Waals surface area contributed by atoms with Crippen molar-refractivity contribution < 1.29 is 4.74 Å². The predicted molar refractivity (Wildman–Crippen MR) is 71.7 cm³/mol. The maximum absolute atomic E-state index is 5.70. The van der Waals surface area contributed by atoms with E-state index in [0.29, 0.717) is 0 Å². The fourth-order valence-electron chi connectivity index (χ4n) is 1.77. The van der Waals surface area contributed by atoms with Gasteiger partial charge in [-0.15, -0.1) is 0 Å². The van der Waals surface area contributed by atoms with Crippen molar-refractivity contribution in [3.05, 3.63) is 30.5 Å². The summed E-state index contributed by atoms with van der Waals surface area (Å²) in [5.41, 5.74) is 0. The molecule has 90 valence electrons. The number of pyridine rings is 1. The highest BCUT2D eigenvalue weighted by Gasteiger charge is 2.02. The van der Waals surface area contributed by atoms with Crippen molar-refractivity contribution >= 4 is 16.6 Å². The molecular formula is C14H18N2O. The van der Waals surface area contributed by atoms with Crippen LogP contribution in [0.15, 0.2) is 30.5 Å². The highest BCUT2D eigenvalue weighted by Crippen LogP contribution is 2.25. The van der Waals surface area contributed by atoms with E-state index < -0.39 is 0 Å². The molecule has 0 atom stereocenters. The number of benzene rings is 1. The molecule has 2 rings (SSSR count). The van der Waals surface area contributed by atoms with Crippen molar-refractivity contribution in [3.63, 3.8) is 0 Å². The van der Waals surface area contributed by atoms with Crippen molar-refractivity contribution in [1.82, 2.24) is 4.98 Å². The van der Waals surface area contributed by atoms with Gasteiger partial charge in [0, 0.05) is 18.6 Å². The first-order valence-corrected chi connectivity index (χ1v) is 6.04. The summed E-state index contributed by atoms with van der Waals surface area (Å²) < 4.78 is 5.70. The van der Waals surface area contributed by atoms with Crippen LogP contribution in [0.3, 0.4) is 0 Å². The van der Waals surface area contributed by atoms with E-state index in [4.69, 9.17) is 4.74 Å². The first kappa shape index (κ1) is 11.7. The van der Waals surface area contributed by atoms with E-state index in [0.717, 1.165) is 36.4 Å². The van der Waals surface area contributed by atoms with E-state index in [9.17, 15) is 0 Å². The van der Waals surface area contributed by atoms with Gasteiger partial charge in [-0.3, -0.25) is 0 Å². The Balaban J connectivity index is 2.28. The number of rotatable bonds is 5. The quantitative estimate of drug-likeness (QED) is 0.799. The van der Waals surface area contributed by atoms with Crippen LogP contribution in [0, 0.1) is 0 Å². The van der Waals surface area contributed by atoms with Crippen LogP contribution in [0.25, 0.3) is 10.8 Å². The van der Waals surface area contributed by atoms with Gasteiger partial charge < -0.3 is 10.1 Å². The second-order valence-electron chi connectivity index (χ2n) is 3.99. The second kappa shape index (κ2) is 5.53. The molecule has 1 aromatic carbocycles. The molecule has 0 bridgehead atoms. The molecule has 0 saturated heterocycles. The highest BCUT2D eigenvalue weighted by molar-refractivity contribution is 5.92. The minimum absolute atomic E-state index is 0.775. The van der Waals surface area contributed by atoms with Crippen molar-refractivity contribution in [2.24, 2.45) is 0 Å².